The van der Waals surface area contributed by atoms with E-state index in [0.717, 1.165) is 17.9 Å². The van der Waals surface area contributed by atoms with Gasteiger partial charge in [-0.25, -0.2) is 0 Å². The molecule has 0 aliphatic heterocycles. The second-order valence-corrected chi connectivity index (χ2v) is 6.86. The lowest BCUT2D eigenvalue weighted by Gasteiger charge is -2.37. The number of nitrogens with one attached hydrogen (secondary N) is 1. The van der Waals surface area contributed by atoms with Gasteiger partial charge in [0.1, 0.15) is 0 Å². The third-order valence-corrected chi connectivity index (χ3v) is 4.85. The molecule has 1 fully saturated rings. The Morgan fingerprint density at radius 1 is 1.25 bits per heavy atom. The van der Waals surface area contributed by atoms with Crippen LogP contribution in [0.25, 0.3) is 0 Å². The highest BCUT2D eigenvalue weighted by molar-refractivity contribution is 7.99. The van der Waals surface area contributed by atoms with E-state index < -0.39 is 0 Å². The monoisotopic (exact) mass is 243 g/mol. The molecule has 0 heterocycles. The zero-order valence-electron chi connectivity index (χ0n) is 11.5. The van der Waals surface area contributed by atoms with Gasteiger partial charge in [-0.15, -0.1) is 0 Å². The van der Waals surface area contributed by atoms with Crippen molar-refractivity contribution in [2.75, 3.05) is 11.5 Å². The molecule has 1 aliphatic carbocycles. The molecule has 1 aliphatic rings. The molecule has 0 aromatic carbocycles. The second-order valence-electron chi connectivity index (χ2n) is 5.46. The molecule has 3 unspecified atom stereocenters. The summed E-state index contributed by atoms with van der Waals surface area (Å²) in [5.74, 6) is 4.29. The van der Waals surface area contributed by atoms with E-state index in [1.54, 1.807) is 0 Å². The zero-order valence-corrected chi connectivity index (χ0v) is 12.3. The summed E-state index contributed by atoms with van der Waals surface area (Å²) in [6, 6.07) is 1.45. The highest BCUT2D eigenvalue weighted by Crippen LogP contribution is 2.29. The maximum atomic E-state index is 3.86. The fourth-order valence-corrected chi connectivity index (χ4v) is 3.64. The summed E-state index contributed by atoms with van der Waals surface area (Å²) < 4.78 is 0. The van der Waals surface area contributed by atoms with E-state index in [9.17, 15) is 0 Å². The molecule has 1 rings (SSSR count). The molecule has 0 saturated heterocycles. The lowest BCUT2D eigenvalue weighted by atomic mass is 9.78. The van der Waals surface area contributed by atoms with Crippen molar-refractivity contribution in [3.05, 3.63) is 0 Å². The molecule has 96 valence electrons. The predicted octanol–water partition coefficient (Wildman–Crippen LogP) is 3.93. The van der Waals surface area contributed by atoms with Crippen molar-refractivity contribution >= 4 is 11.8 Å². The van der Waals surface area contributed by atoms with Gasteiger partial charge < -0.3 is 5.32 Å². The Balaban J connectivity index is 2.27. The fourth-order valence-electron chi connectivity index (χ4n) is 2.83. The molecule has 0 aromatic rings. The van der Waals surface area contributed by atoms with Crippen LogP contribution in [0, 0.1) is 11.8 Å². The zero-order chi connectivity index (χ0) is 12.0. The van der Waals surface area contributed by atoms with Crippen LogP contribution in [0.1, 0.15) is 53.4 Å². The first-order valence-corrected chi connectivity index (χ1v) is 8.14. The number of thioether (sulfide) groups is 1. The minimum Gasteiger partial charge on any atom is -0.311 e. The minimum atomic E-state index is 0.687. The number of rotatable bonds is 6. The van der Waals surface area contributed by atoms with Crippen LogP contribution in [0.5, 0.6) is 0 Å². The first-order chi connectivity index (χ1) is 7.65. The summed E-state index contributed by atoms with van der Waals surface area (Å²) in [4.78, 5) is 0. The van der Waals surface area contributed by atoms with Crippen LogP contribution in [0.3, 0.4) is 0 Å². The largest absolute Gasteiger partial charge is 0.311 e. The van der Waals surface area contributed by atoms with E-state index in [1.807, 2.05) is 0 Å². The standard InChI is InChI=1S/C14H29NS/c1-5-16-10-9-13(4)15-14-11(2)7-6-8-12(14)3/h11-15H,5-10H2,1-4H3. The molecular formula is C14H29NS. The Bertz CT molecular complexity index is 174. The van der Waals surface area contributed by atoms with Gasteiger partial charge in [-0.05, 0) is 49.5 Å². The second kappa shape index (κ2) is 7.60. The Morgan fingerprint density at radius 3 is 2.44 bits per heavy atom. The topological polar surface area (TPSA) is 12.0 Å². The molecule has 0 radical (unpaired) electrons. The van der Waals surface area contributed by atoms with Gasteiger partial charge in [-0.3, -0.25) is 0 Å². The van der Waals surface area contributed by atoms with Crippen LogP contribution in [0.15, 0.2) is 0 Å². The van der Waals surface area contributed by atoms with Crippen LogP contribution in [0.2, 0.25) is 0 Å². The molecule has 1 N–H and O–H groups in total. The molecule has 1 nitrogen and oxygen atoms in total. The van der Waals surface area contributed by atoms with Crippen LogP contribution in [-0.4, -0.2) is 23.6 Å². The summed E-state index contributed by atoms with van der Waals surface area (Å²) in [6.45, 7) is 9.43. The van der Waals surface area contributed by atoms with E-state index in [-0.39, 0.29) is 0 Å². The lowest BCUT2D eigenvalue weighted by molar-refractivity contribution is 0.194. The average Bonchev–Trinajstić information content (AvgIpc) is 2.24. The Hall–Kier alpha value is 0.310. The molecule has 3 atom stereocenters. The van der Waals surface area contributed by atoms with E-state index in [0.29, 0.717) is 6.04 Å². The van der Waals surface area contributed by atoms with Crippen molar-refractivity contribution in [2.24, 2.45) is 11.8 Å². The van der Waals surface area contributed by atoms with Crippen LogP contribution in [0.4, 0.5) is 0 Å². The summed E-state index contributed by atoms with van der Waals surface area (Å²) in [5, 5.41) is 3.86. The van der Waals surface area contributed by atoms with E-state index >= 15 is 0 Å². The quantitative estimate of drug-likeness (QED) is 0.709. The molecule has 0 aromatic heterocycles. The maximum absolute atomic E-state index is 3.86. The minimum absolute atomic E-state index is 0.687. The van der Waals surface area contributed by atoms with E-state index in [1.165, 1.54) is 37.2 Å². The lowest BCUT2D eigenvalue weighted by Crippen LogP contribution is -2.46. The van der Waals surface area contributed by atoms with Gasteiger partial charge in [-0.2, -0.15) is 11.8 Å². The smallest absolute Gasteiger partial charge is 0.0121 e. The van der Waals surface area contributed by atoms with Gasteiger partial charge in [0.2, 0.25) is 0 Å². The summed E-state index contributed by atoms with van der Waals surface area (Å²) in [7, 11) is 0. The molecule has 2 heteroatoms. The molecule has 16 heavy (non-hydrogen) atoms. The van der Waals surface area contributed by atoms with Crippen molar-refractivity contribution in [1.82, 2.24) is 5.32 Å². The van der Waals surface area contributed by atoms with Crippen molar-refractivity contribution in [1.29, 1.82) is 0 Å². The van der Waals surface area contributed by atoms with E-state index in [4.69, 9.17) is 0 Å². The first kappa shape index (κ1) is 14.4. The third kappa shape index (κ3) is 4.67. The molecular weight excluding hydrogens is 214 g/mol. The van der Waals surface area contributed by atoms with Gasteiger partial charge >= 0.3 is 0 Å². The van der Waals surface area contributed by atoms with Gasteiger partial charge in [0.05, 0.1) is 0 Å². The van der Waals surface area contributed by atoms with Crippen molar-refractivity contribution < 1.29 is 0 Å². The van der Waals surface area contributed by atoms with Crippen molar-refractivity contribution in [3.63, 3.8) is 0 Å². The highest BCUT2D eigenvalue weighted by atomic mass is 32.2. The van der Waals surface area contributed by atoms with Gasteiger partial charge in [0.15, 0.2) is 0 Å². The highest BCUT2D eigenvalue weighted by Gasteiger charge is 2.28. The molecule has 0 spiro atoms. The first-order valence-electron chi connectivity index (χ1n) is 6.99. The average molecular weight is 243 g/mol. The van der Waals surface area contributed by atoms with Crippen molar-refractivity contribution in [2.45, 2.75) is 65.5 Å². The van der Waals surface area contributed by atoms with Crippen LogP contribution < -0.4 is 5.32 Å². The Labute approximate surface area is 106 Å². The van der Waals surface area contributed by atoms with Gasteiger partial charge in [-0.1, -0.05) is 27.2 Å². The van der Waals surface area contributed by atoms with E-state index in [2.05, 4.69) is 44.8 Å². The SMILES string of the molecule is CCSCCC(C)NC1C(C)CCCC1C. The van der Waals surface area contributed by atoms with Gasteiger partial charge in [0, 0.05) is 12.1 Å². The summed E-state index contributed by atoms with van der Waals surface area (Å²) >= 11 is 2.06. The fraction of sp³-hybridized carbons (Fsp3) is 1.00. The Kier molecular flexibility index (Phi) is 6.83. The number of hydrogen-bond donors (Lipinski definition) is 1. The predicted molar refractivity (Wildman–Crippen MR) is 76.2 cm³/mol. The summed E-state index contributed by atoms with van der Waals surface area (Å²) in [6.07, 6.45) is 5.58. The van der Waals surface area contributed by atoms with Crippen molar-refractivity contribution in [3.8, 4) is 0 Å². The van der Waals surface area contributed by atoms with Crippen LogP contribution >= 0.6 is 11.8 Å². The molecule has 1 saturated carbocycles. The normalized spacial score (nSPS) is 32.6. The molecule has 0 amide bonds. The van der Waals surface area contributed by atoms with Crippen LogP contribution in [-0.2, 0) is 0 Å². The third-order valence-electron chi connectivity index (χ3n) is 3.92. The summed E-state index contributed by atoms with van der Waals surface area (Å²) in [5.41, 5.74) is 0. The van der Waals surface area contributed by atoms with Gasteiger partial charge in [0.25, 0.3) is 0 Å². The maximum Gasteiger partial charge on any atom is 0.0121 e. The number of hydrogen-bond acceptors (Lipinski definition) is 2. The molecule has 0 bridgehead atoms. The Morgan fingerprint density at radius 2 is 1.88 bits per heavy atom.